The summed E-state index contributed by atoms with van der Waals surface area (Å²) in [5.41, 5.74) is 0.439. The van der Waals surface area contributed by atoms with Crippen molar-refractivity contribution in [3.63, 3.8) is 0 Å². The SMILES string of the molecule is O=C(Nc1ccc(S(=O)(=O)Nc2ccccn2)cc1)[C@@H]1COc2ccccc2O1. The summed E-state index contributed by atoms with van der Waals surface area (Å²) >= 11 is 0. The Kier molecular flexibility index (Phi) is 5.05. The van der Waals surface area contributed by atoms with Gasteiger partial charge in [0.1, 0.15) is 12.4 Å². The van der Waals surface area contributed by atoms with E-state index in [4.69, 9.17) is 9.47 Å². The van der Waals surface area contributed by atoms with Gasteiger partial charge < -0.3 is 14.8 Å². The predicted molar refractivity (Wildman–Crippen MR) is 106 cm³/mol. The lowest BCUT2D eigenvalue weighted by molar-refractivity contribution is -0.125. The van der Waals surface area contributed by atoms with E-state index in [1.54, 1.807) is 36.4 Å². The van der Waals surface area contributed by atoms with E-state index < -0.39 is 16.1 Å². The molecule has 1 atom stereocenters. The third kappa shape index (κ3) is 4.30. The number of benzene rings is 2. The van der Waals surface area contributed by atoms with Gasteiger partial charge in [-0.1, -0.05) is 18.2 Å². The molecular weight excluding hydrogens is 394 g/mol. The highest BCUT2D eigenvalue weighted by Gasteiger charge is 2.27. The average Bonchev–Trinajstić information content (AvgIpc) is 2.74. The van der Waals surface area contributed by atoms with Gasteiger partial charge in [-0.3, -0.25) is 9.52 Å². The summed E-state index contributed by atoms with van der Waals surface area (Å²) in [4.78, 5) is 16.4. The van der Waals surface area contributed by atoms with Crippen molar-refractivity contribution in [3.05, 3.63) is 72.9 Å². The number of aromatic nitrogens is 1. The second kappa shape index (κ2) is 7.80. The van der Waals surface area contributed by atoms with Crippen molar-refractivity contribution >= 4 is 27.4 Å². The largest absolute Gasteiger partial charge is 0.485 e. The Morgan fingerprint density at radius 2 is 1.69 bits per heavy atom. The Morgan fingerprint density at radius 1 is 0.966 bits per heavy atom. The number of carbonyl (C=O) groups is 1. The van der Waals surface area contributed by atoms with E-state index in [1.165, 1.54) is 30.5 Å². The molecule has 1 aromatic heterocycles. The molecule has 2 aromatic carbocycles. The van der Waals surface area contributed by atoms with Gasteiger partial charge in [0.15, 0.2) is 11.5 Å². The van der Waals surface area contributed by atoms with Gasteiger partial charge >= 0.3 is 0 Å². The van der Waals surface area contributed by atoms with Gasteiger partial charge in [0.05, 0.1) is 4.90 Å². The number of sulfonamides is 1. The predicted octanol–water partition coefficient (Wildman–Crippen LogP) is 2.66. The van der Waals surface area contributed by atoms with E-state index in [0.717, 1.165) is 0 Å². The third-order valence-electron chi connectivity index (χ3n) is 4.14. The maximum Gasteiger partial charge on any atom is 0.269 e. The first-order valence-electron chi connectivity index (χ1n) is 8.74. The minimum atomic E-state index is -3.78. The van der Waals surface area contributed by atoms with Crippen molar-refractivity contribution in [2.75, 3.05) is 16.6 Å². The van der Waals surface area contributed by atoms with Crippen LogP contribution in [-0.4, -0.2) is 32.0 Å². The molecule has 1 aliphatic rings. The second-order valence-electron chi connectivity index (χ2n) is 6.20. The molecule has 0 unspecified atom stereocenters. The van der Waals surface area contributed by atoms with Crippen LogP contribution in [0.3, 0.4) is 0 Å². The molecule has 1 aliphatic heterocycles. The summed E-state index contributed by atoms with van der Waals surface area (Å²) in [6.45, 7) is 0.0866. The smallest absolute Gasteiger partial charge is 0.269 e. The number of hydrogen-bond donors (Lipinski definition) is 2. The number of pyridine rings is 1. The fourth-order valence-corrected chi connectivity index (χ4v) is 3.72. The molecule has 4 rings (SSSR count). The molecule has 0 radical (unpaired) electrons. The van der Waals surface area contributed by atoms with E-state index in [0.29, 0.717) is 17.2 Å². The van der Waals surface area contributed by atoms with Crippen molar-refractivity contribution in [2.24, 2.45) is 0 Å². The Bertz CT molecular complexity index is 1120. The number of fused-ring (bicyclic) bond motifs is 1. The normalized spacial score (nSPS) is 15.4. The fourth-order valence-electron chi connectivity index (χ4n) is 2.71. The van der Waals surface area contributed by atoms with Gasteiger partial charge in [-0.05, 0) is 48.5 Å². The van der Waals surface area contributed by atoms with Crippen LogP contribution in [0.1, 0.15) is 0 Å². The number of nitrogens with one attached hydrogen (secondary N) is 2. The standard InChI is InChI=1S/C20H17N3O5S/c24-20(18-13-27-16-5-1-2-6-17(16)28-18)22-14-8-10-15(11-9-14)29(25,26)23-19-7-3-4-12-21-19/h1-12,18H,13H2,(H,21,23)(H,22,24)/t18-/m0/s1. The minimum absolute atomic E-state index is 0.0485. The summed E-state index contributed by atoms with van der Waals surface area (Å²) in [6.07, 6.45) is 0.686. The zero-order valence-corrected chi connectivity index (χ0v) is 15.9. The summed E-state index contributed by atoms with van der Waals surface area (Å²) in [5, 5.41) is 2.70. The van der Waals surface area contributed by atoms with Crippen LogP contribution in [0.5, 0.6) is 11.5 Å². The Balaban J connectivity index is 1.41. The van der Waals surface area contributed by atoms with Crippen LogP contribution in [-0.2, 0) is 14.8 Å². The first-order valence-corrected chi connectivity index (χ1v) is 10.2. The molecule has 1 amide bonds. The molecule has 9 heteroatoms. The van der Waals surface area contributed by atoms with Crippen molar-refractivity contribution < 1.29 is 22.7 Å². The summed E-state index contributed by atoms with van der Waals surface area (Å²) in [6, 6.07) is 17.8. The number of carbonyl (C=O) groups excluding carboxylic acids is 1. The van der Waals surface area contributed by atoms with Crippen LogP contribution in [0.4, 0.5) is 11.5 Å². The molecule has 0 spiro atoms. The third-order valence-corrected chi connectivity index (χ3v) is 5.51. The van der Waals surface area contributed by atoms with Crippen LogP contribution < -0.4 is 19.5 Å². The van der Waals surface area contributed by atoms with Crippen molar-refractivity contribution in [1.82, 2.24) is 4.98 Å². The molecule has 148 valence electrons. The highest BCUT2D eigenvalue weighted by Crippen LogP contribution is 2.31. The minimum Gasteiger partial charge on any atom is -0.485 e. The zero-order valence-electron chi connectivity index (χ0n) is 15.1. The van der Waals surface area contributed by atoms with Crippen LogP contribution in [0.2, 0.25) is 0 Å². The van der Waals surface area contributed by atoms with Crippen LogP contribution in [0.25, 0.3) is 0 Å². The van der Waals surface area contributed by atoms with Gasteiger partial charge in [0, 0.05) is 11.9 Å². The van der Waals surface area contributed by atoms with E-state index in [1.807, 2.05) is 6.07 Å². The fraction of sp³-hybridized carbons (Fsp3) is 0.100. The molecule has 0 fully saturated rings. The molecular formula is C20H17N3O5S. The van der Waals surface area contributed by atoms with E-state index in [9.17, 15) is 13.2 Å². The van der Waals surface area contributed by atoms with E-state index in [2.05, 4.69) is 15.0 Å². The molecule has 0 saturated heterocycles. The summed E-state index contributed by atoms with van der Waals surface area (Å²) in [7, 11) is -3.78. The molecule has 3 aromatic rings. The molecule has 2 heterocycles. The maximum atomic E-state index is 12.4. The topological polar surface area (TPSA) is 107 Å². The Hall–Kier alpha value is -3.59. The monoisotopic (exact) mass is 411 g/mol. The number of para-hydroxylation sites is 2. The molecule has 29 heavy (non-hydrogen) atoms. The number of nitrogens with zero attached hydrogens (tertiary/aromatic N) is 1. The molecule has 0 saturated carbocycles. The quantitative estimate of drug-likeness (QED) is 0.669. The molecule has 0 aliphatic carbocycles. The number of hydrogen-bond acceptors (Lipinski definition) is 6. The van der Waals surface area contributed by atoms with E-state index >= 15 is 0 Å². The van der Waals surface area contributed by atoms with Crippen LogP contribution in [0.15, 0.2) is 77.8 Å². The lowest BCUT2D eigenvalue weighted by Crippen LogP contribution is -2.40. The van der Waals surface area contributed by atoms with Crippen LogP contribution in [0, 0.1) is 0 Å². The van der Waals surface area contributed by atoms with Gasteiger partial charge in [-0.2, -0.15) is 0 Å². The second-order valence-corrected chi connectivity index (χ2v) is 7.88. The van der Waals surface area contributed by atoms with Crippen molar-refractivity contribution in [1.29, 1.82) is 0 Å². The highest BCUT2D eigenvalue weighted by molar-refractivity contribution is 7.92. The number of amides is 1. The molecule has 2 N–H and O–H groups in total. The number of anilines is 2. The first-order chi connectivity index (χ1) is 14.0. The number of ether oxygens (including phenoxy) is 2. The number of rotatable bonds is 5. The van der Waals surface area contributed by atoms with Gasteiger partial charge in [0.25, 0.3) is 15.9 Å². The molecule has 8 nitrogen and oxygen atoms in total. The first kappa shape index (κ1) is 18.8. The van der Waals surface area contributed by atoms with Gasteiger partial charge in [-0.25, -0.2) is 13.4 Å². The Morgan fingerprint density at radius 3 is 2.41 bits per heavy atom. The zero-order chi connectivity index (χ0) is 20.3. The van der Waals surface area contributed by atoms with E-state index in [-0.39, 0.29) is 23.2 Å². The van der Waals surface area contributed by atoms with Crippen molar-refractivity contribution in [3.8, 4) is 11.5 Å². The average molecular weight is 411 g/mol. The van der Waals surface area contributed by atoms with Gasteiger partial charge in [0.2, 0.25) is 6.10 Å². The highest BCUT2D eigenvalue weighted by atomic mass is 32.2. The Labute approximate surface area is 167 Å². The lowest BCUT2D eigenvalue weighted by Gasteiger charge is -2.25. The maximum absolute atomic E-state index is 12.4. The van der Waals surface area contributed by atoms with Crippen LogP contribution >= 0.6 is 0 Å². The lowest BCUT2D eigenvalue weighted by atomic mass is 10.2. The molecule has 0 bridgehead atoms. The summed E-state index contributed by atoms with van der Waals surface area (Å²) < 4.78 is 38.4. The van der Waals surface area contributed by atoms with Gasteiger partial charge in [-0.15, -0.1) is 0 Å². The van der Waals surface area contributed by atoms with Crippen molar-refractivity contribution in [2.45, 2.75) is 11.0 Å². The summed E-state index contributed by atoms with van der Waals surface area (Å²) in [5.74, 6) is 0.925.